The van der Waals surface area contributed by atoms with Crippen molar-refractivity contribution in [2.45, 2.75) is 0 Å². The van der Waals surface area contributed by atoms with E-state index in [1.165, 1.54) is 6.21 Å². The van der Waals surface area contributed by atoms with Gasteiger partial charge in [0.05, 0.1) is 11.9 Å². The minimum atomic E-state index is 0.165. The Bertz CT molecular complexity index is 494. The van der Waals surface area contributed by atoms with Crippen molar-refractivity contribution in [3.05, 3.63) is 36.2 Å². The van der Waals surface area contributed by atoms with Gasteiger partial charge in [-0.25, -0.2) is 0 Å². The Hall–Kier alpha value is -2.10. The van der Waals surface area contributed by atoms with Crippen LogP contribution >= 0.6 is 0 Å². The van der Waals surface area contributed by atoms with Gasteiger partial charge in [-0.2, -0.15) is 0 Å². The molecular weight excluding hydrogens is 180 g/mol. The average Bonchev–Trinajstić information content (AvgIpc) is 2.19. The number of phenolic OH excluding ortho intramolecular Hbond substituents is 1. The zero-order chi connectivity index (χ0) is 9.97. The second kappa shape index (κ2) is 3.33. The van der Waals surface area contributed by atoms with Crippen molar-refractivity contribution in [2.24, 2.45) is 5.16 Å². The number of pyridine rings is 1. The van der Waals surface area contributed by atoms with Gasteiger partial charge in [-0.1, -0.05) is 11.2 Å². The highest BCUT2D eigenvalue weighted by Gasteiger charge is 2.00. The largest absolute Gasteiger partial charge is 0.508 e. The number of benzene rings is 1. The normalized spacial score (nSPS) is 11.1. The molecule has 2 N–H and O–H groups in total. The molecule has 1 aromatic carbocycles. The molecule has 0 unspecified atom stereocenters. The molecule has 0 aliphatic heterocycles. The SMILES string of the molecule is O/N=C/c1nccc2ccc(O)cc12. The van der Waals surface area contributed by atoms with Gasteiger partial charge in [-0.15, -0.1) is 0 Å². The van der Waals surface area contributed by atoms with Gasteiger partial charge < -0.3 is 10.3 Å². The Morgan fingerprint density at radius 3 is 2.93 bits per heavy atom. The quantitative estimate of drug-likeness (QED) is 0.407. The van der Waals surface area contributed by atoms with E-state index in [-0.39, 0.29) is 5.75 Å². The number of oxime groups is 1. The maximum atomic E-state index is 9.29. The molecule has 0 aliphatic carbocycles. The molecule has 1 heterocycles. The molecule has 2 rings (SSSR count). The minimum Gasteiger partial charge on any atom is -0.508 e. The third kappa shape index (κ3) is 1.37. The van der Waals surface area contributed by atoms with Crippen LogP contribution in [0.4, 0.5) is 0 Å². The molecule has 0 amide bonds. The summed E-state index contributed by atoms with van der Waals surface area (Å²) in [6.07, 6.45) is 2.86. The number of fused-ring (bicyclic) bond motifs is 1. The number of hydrogen-bond acceptors (Lipinski definition) is 4. The number of hydrogen-bond donors (Lipinski definition) is 2. The molecule has 1 aromatic heterocycles. The number of aromatic hydroxyl groups is 1. The van der Waals surface area contributed by atoms with Crippen LogP contribution in [0.3, 0.4) is 0 Å². The second-order valence-electron chi connectivity index (χ2n) is 2.85. The smallest absolute Gasteiger partial charge is 0.116 e. The van der Waals surface area contributed by atoms with Crippen LogP contribution in [0.1, 0.15) is 5.69 Å². The van der Waals surface area contributed by atoms with E-state index in [9.17, 15) is 5.11 Å². The predicted octanol–water partition coefficient (Wildman–Crippen LogP) is 1.75. The molecule has 0 radical (unpaired) electrons. The fraction of sp³-hybridized carbons (Fsp3) is 0. The summed E-state index contributed by atoms with van der Waals surface area (Å²) in [5.74, 6) is 0.165. The summed E-state index contributed by atoms with van der Waals surface area (Å²) < 4.78 is 0. The number of rotatable bonds is 1. The van der Waals surface area contributed by atoms with Crippen LogP contribution in [-0.2, 0) is 0 Å². The van der Waals surface area contributed by atoms with Crippen LogP contribution < -0.4 is 0 Å². The maximum absolute atomic E-state index is 9.29. The summed E-state index contributed by atoms with van der Waals surface area (Å²) in [6, 6.07) is 6.78. The molecule has 0 saturated heterocycles. The first-order valence-corrected chi connectivity index (χ1v) is 4.06. The molecule has 4 nitrogen and oxygen atoms in total. The van der Waals surface area contributed by atoms with Gasteiger partial charge in [0.1, 0.15) is 5.75 Å². The summed E-state index contributed by atoms with van der Waals surface area (Å²) in [7, 11) is 0. The van der Waals surface area contributed by atoms with Crippen molar-refractivity contribution in [1.82, 2.24) is 4.98 Å². The highest BCUT2D eigenvalue weighted by atomic mass is 16.4. The summed E-state index contributed by atoms with van der Waals surface area (Å²) in [6.45, 7) is 0. The van der Waals surface area contributed by atoms with Gasteiger partial charge >= 0.3 is 0 Å². The molecule has 0 saturated carbocycles. The Morgan fingerprint density at radius 2 is 2.14 bits per heavy atom. The van der Waals surface area contributed by atoms with Crippen molar-refractivity contribution in [3.63, 3.8) is 0 Å². The zero-order valence-corrected chi connectivity index (χ0v) is 7.25. The lowest BCUT2D eigenvalue weighted by molar-refractivity contribution is 0.321. The fourth-order valence-corrected chi connectivity index (χ4v) is 1.34. The molecule has 14 heavy (non-hydrogen) atoms. The van der Waals surface area contributed by atoms with Crippen molar-refractivity contribution in [2.75, 3.05) is 0 Å². The van der Waals surface area contributed by atoms with E-state index in [1.807, 2.05) is 6.07 Å². The first-order valence-electron chi connectivity index (χ1n) is 4.06. The van der Waals surface area contributed by atoms with E-state index < -0.39 is 0 Å². The lowest BCUT2D eigenvalue weighted by atomic mass is 10.1. The fourth-order valence-electron chi connectivity index (χ4n) is 1.34. The number of aromatic nitrogens is 1. The Balaban J connectivity index is 2.77. The van der Waals surface area contributed by atoms with E-state index >= 15 is 0 Å². The highest BCUT2D eigenvalue weighted by Crippen LogP contribution is 2.20. The molecular formula is C10H8N2O2. The van der Waals surface area contributed by atoms with Crippen molar-refractivity contribution < 1.29 is 10.3 Å². The van der Waals surface area contributed by atoms with Gasteiger partial charge in [-0.3, -0.25) is 4.98 Å². The number of phenols is 1. The molecule has 0 aliphatic rings. The van der Waals surface area contributed by atoms with Crippen molar-refractivity contribution in [3.8, 4) is 5.75 Å². The molecule has 2 aromatic rings. The lowest BCUT2D eigenvalue weighted by Gasteiger charge is -2.00. The van der Waals surface area contributed by atoms with Gasteiger partial charge in [0.25, 0.3) is 0 Å². The van der Waals surface area contributed by atoms with E-state index in [0.717, 1.165) is 10.8 Å². The van der Waals surface area contributed by atoms with Crippen LogP contribution in [0.25, 0.3) is 10.8 Å². The summed E-state index contributed by atoms with van der Waals surface area (Å²) in [5, 5.41) is 22.3. The third-order valence-corrected chi connectivity index (χ3v) is 1.96. The molecule has 0 fully saturated rings. The Labute approximate surface area is 80.1 Å². The second-order valence-corrected chi connectivity index (χ2v) is 2.85. The van der Waals surface area contributed by atoms with Gasteiger partial charge in [0, 0.05) is 11.6 Å². The summed E-state index contributed by atoms with van der Waals surface area (Å²) in [4.78, 5) is 4.02. The molecule has 70 valence electrons. The first-order chi connectivity index (χ1) is 6.81. The standard InChI is InChI=1S/C10H8N2O2/c13-8-2-1-7-3-4-11-10(6-12-14)9(7)5-8/h1-6,13-14H/b12-6+. The van der Waals surface area contributed by atoms with Crippen LogP contribution in [0.15, 0.2) is 35.6 Å². The highest BCUT2D eigenvalue weighted by molar-refractivity contribution is 5.98. The Morgan fingerprint density at radius 1 is 1.29 bits per heavy atom. The van der Waals surface area contributed by atoms with Gasteiger partial charge in [0.15, 0.2) is 0 Å². The van der Waals surface area contributed by atoms with Crippen LogP contribution in [0, 0.1) is 0 Å². The average molecular weight is 188 g/mol. The topological polar surface area (TPSA) is 65.7 Å². The predicted molar refractivity (Wildman–Crippen MR) is 52.8 cm³/mol. The van der Waals surface area contributed by atoms with Crippen molar-refractivity contribution in [1.29, 1.82) is 0 Å². The van der Waals surface area contributed by atoms with Crippen LogP contribution in [-0.4, -0.2) is 21.5 Å². The van der Waals surface area contributed by atoms with Crippen LogP contribution in [0.2, 0.25) is 0 Å². The lowest BCUT2D eigenvalue weighted by Crippen LogP contribution is -1.88. The third-order valence-electron chi connectivity index (χ3n) is 1.96. The summed E-state index contributed by atoms with van der Waals surface area (Å²) in [5.41, 5.74) is 0.529. The van der Waals surface area contributed by atoms with Crippen LogP contribution in [0.5, 0.6) is 5.75 Å². The van der Waals surface area contributed by atoms with Crippen molar-refractivity contribution >= 4 is 17.0 Å². The van der Waals surface area contributed by atoms with Gasteiger partial charge in [0.2, 0.25) is 0 Å². The van der Waals surface area contributed by atoms with E-state index in [0.29, 0.717) is 5.69 Å². The molecule has 0 atom stereocenters. The monoisotopic (exact) mass is 188 g/mol. The maximum Gasteiger partial charge on any atom is 0.116 e. The van der Waals surface area contributed by atoms with E-state index in [2.05, 4.69) is 10.1 Å². The molecule has 0 bridgehead atoms. The van der Waals surface area contributed by atoms with E-state index in [1.54, 1.807) is 24.4 Å². The zero-order valence-electron chi connectivity index (χ0n) is 7.25. The van der Waals surface area contributed by atoms with E-state index in [4.69, 9.17) is 5.21 Å². The minimum absolute atomic E-state index is 0.165. The molecule has 0 spiro atoms. The summed E-state index contributed by atoms with van der Waals surface area (Å²) >= 11 is 0. The number of nitrogens with zero attached hydrogens (tertiary/aromatic N) is 2. The molecule has 4 heteroatoms. The first kappa shape index (κ1) is 8.50. The Kier molecular flexibility index (Phi) is 2.02. The van der Waals surface area contributed by atoms with Gasteiger partial charge in [-0.05, 0) is 23.6 Å².